The average molecular weight is 310 g/mol. The largest absolute Gasteiger partial charge is 0.493 e. The van der Waals surface area contributed by atoms with E-state index in [1.165, 1.54) is 0 Å². The summed E-state index contributed by atoms with van der Waals surface area (Å²) in [4.78, 5) is 4.49. The Hall–Kier alpha value is -2.95. The van der Waals surface area contributed by atoms with Gasteiger partial charge in [0.1, 0.15) is 11.3 Å². The number of nitrogen functional groups attached to an aromatic ring is 1. The number of pyridine rings is 1. The predicted octanol–water partition coefficient (Wildman–Crippen LogP) is 3.93. The molecule has 3 aromatic rings. The fraction of sp³-hybridized carbons (Fsp3) is 0.167. The number of ether oxygens (including phenoxy) is 3. The zero-order chi connectivity index (χ0) is 16.4. The van der Waals surface area contributed by atoms with Crippen molar-refractivity contribution in [3.05, 3.63) is 48.0 Å². The van der Waals surface area contributed by atoms with Gasteiger partial charge in [0.15, 0.2) is 11.5 Å². The molecule has 0 spiro atoms. The summed E-state index contributed by atoms with van der Waals surface area (Å²) < 4.78 is 16.8. The summed E-state index contributed by atoms with van der Waals surface area (Å²) in [5, 5.41) is 0.781. The first-order valence-electron chi connectivity index (χ1n) is 7.18. The average Bonchev–Trinajstić information content (AvgIpc) is 2.57. The molecule has 0 aliphatic heterocycles. The van der Waals surface area contributed by atoms with Crippen LogP contribution in [-0.2, 0) is 0 Å². The van der Waals surface area contributed by atoms with Crippen LogP contribution in [0.1, 0.15) is 5.56 Å². The Morgan fingerprint density at radius 1 is 1.00 bits per heavy atom. The Kier molecular flexibility index (Phi) is 3.93. The lowest BCUT2D eigenvalue weighted by Crippen LogP contribution is -1.99. The summed E-state index contributed by atoms with van der Waals surface area (Å²) in [5.74, 6) is 2.40. The number of benzene rings is 2. The van der Waals surface area contributed by atoms with E-state index in [0.717, 1.165) is 10.9 Å². The number of fused-ring (bicyclic) bond motifs is 1. The smallest absolute Gasteiger partial charge is 0.216 e. The van der Waals surface area contributed by atoms with Gasteiger partial charge in [-0.3, -0.25) is 0 Å². The van der Waals surface area contributed by atoms with Gasteiger partial charge in [-0.2, -0.15) is 0 Å². The summed E-state index contributed by atoms with van der Waals surface area (Å²) in [6.45, 7) is 1.92. The van der Waals surface area contributed by atoms with Gasteiger partial charge in [0.05, 0.1) is 19.9 Å². The van der Waals surface area contributed by atoms with Crippen molar-refractivity contribution in [1.82, 2.24) is 4.98 Å². The monoisotopic (exact) mass is 310 g/mol. The van der Waals surface area contributed by atoms with Gasteiger partial charge in [-0.05, 0) is 25.1 Å². The van der Waals surface area contributed by atoms with Crippen molar-refractivity contribution in [1.29, 1.82) is 0 Å². The second kappa shape index (κ2) is 6.04. The SMILES string of the molecule is COc1cc(N)c2nc(OC)c(C)cc2c1Oc1ccccc1. The molecule has 0 fully saturated rings. The molecule has 118 valence electrons. The number of hydrogen-bond acceptors (Lipinski definition) is 5. The number of methoxy groups -OCH3 is 2. The minimum atomic E-state index is 0.510. The van der Waals surface area contributed by atoms with Gasteiger partial charge >= 0.3 is 0 Å². The van der Waals surface area contributed by atoms with E-state index in [2.05, 4.69) is 4.98 Å². The van der Waals surface area contributed by atoms with Gasteiger partial charge in [0, 0.05) is 17.0 Å². The summed E-state index contributed by atoms with van der Waals surface area (Å²) >= 11 is 0. The molecular weight excluding hydrogens is 292 g/mol. The van der Waals surface area contributed by atoms with Gasteiger partial charge in [-0.25, -0.2) is 4.98 Å². The van der Waals surface area contributed by atoms with Gasteiger partial charge in [-0.1, -0.05) is 18.2 Å². The molecule has 5 nitrogen and oxygen atoms in total. The number of hydrogen-bond donors (Lipinski definition) is 1. The highest BCUT2D eigenvalue weighted by Crippen LogP contribution is 2.42. The molecule has 0 unspecified atom stereocenters. The fourth-order valence-electron chi connectivity index (χ4n) is 2.47. The van der Waals surface area contributed by atoms with E-state index in [-0.39, 0.29) is 0 Å². The third-order valence-electron chi connectivity index (χ3n) is 3.57. The Balaban J connectivity index is 2.25. The van der Waals surface area contributed by atoms with E-state index in [4.69, 9.17) is 19.9 Å². The van der Waals surface area contributed by atoms with Crippen LogP contribution < -0.4 is 19.9 Å². The zero-order valence-corrected chi connectivity index (χ0v) is 13.3. The van der Waals surface area contributed by atoms with Crippen LogP contribution in [0.4, 0.5) is 5.69 Å². The molecule has 2 N–H and O–H groups in total. The highest BCUT2D eigenvalue weighted by molar-refractivity contribution is 5.97. The van der Waals surface area contributed by atoms with E-state index < -0.39 is 0 Å². The van der Waals surface area contributed by atoms with Crippen LogP contribution in [0.2, 0.25) is 0 Å². The van der Waals surface area contributed by atoms with E-state index in [1.54, 1.807) is 20.3 Å². The molecular formula is C18H18N2O3. The molecule has 0 radical (unpaired) electrons. The van der Waals surface area contributed by atoms with Crippen LogP contribution in [0.25, 0.3) is 10.9 Å². The maximum absolute atomic E-state index is 6.11. The molecule has 5 heteroatoms. The number of anilines is 1. The van der Waals surface area contributed by atoms with Crippen molar-refractivity contribution in [3.63, 3.8) is 0 Å². The van der Waals surface area contributed by atoms with Crippen molar-refractivity contribution < 1.29 is 14.2 Å². The topological polar surface area (TPSA) is 66.6 Å². The third kappa shape index (κ3) is 2.73. The van der Waals surface area contributed by atoms with Crippen molar-refractivity contribution in [2.75, 3.05) is 20.0 Å². The Labute approximate surface area is 134 Å². The molecule has 0 amide bonds. The fourth-order valence-corrected chi connectivity index (χ4v) is 2.47. The van der Waals surface area contributed by atoms with E-state index >= 15 is 0 Å². The standard InChI is InChI=1S/C18H18N2O3/c1-11-9-13-16(20-18(11)22-3)14(19)10-15(21-2)17(13)23-12-7-5-4-6-8-12/h4-10H,19H2,1-3H3. The van der Waals surface area contributed by atoms with Gasteiger partial charge in [0.2, 0.25) is 5.88 Å². The van der Waals surface area contributed by atoms with E-state index in [9.17, 15) is 0 Å². The molecule has 0 aliphatic rings. The molecule has 0 saturated heterocycles. The lowest BCUT2D eigenvalue weighted by molar-refractivity contribution is 0.381. The number of nitrogens with zero attached hydrogens (tertiary/aromatic N) is 1. The molecule has 0 aliphatic carbocycles. The molecule has 3 rings (SSSR count). The number of nitrogens with two attached hydrogens (primary N) is 1. The zero-order valence-electron chi connectivity index (χ0n) is 13.3. The van der Waals surface area contributed by atoms with Crippen molar-refractivity contribution in [3.8, 4) is 23.1 Å². The molecule has 2 aromatic carbocycles. The first kappa shape index (κ1) is 15.0. The van der Waals surface area contributed by atoms with Crippen LogP contribution in [0.5, 0.6) is 23.1 Å². The highest BCUT2D eigenvalue weighted by Gasteiger charge is 2.17. The molecule has 0 atom stereocenters. The Bertz CT molecular complexity index is 848. The van der Waals surface area contributed by atoms with Crippen molar-refractivity contribution in [2.45, 2.75) is 6.92 Å². The number of para-hydroxylation sites is 1. The molecule has 0 saturated carbocycles. The highest BCUT2D eigenvalue weighted by atomic mass is 16.5. The number of aryl methyl sites for hydroxylation is 1. The summed E-state index contributed by atoms with van der Waals surface area (Å²) in [6, 6.07) is 13.2. The molecule has 1 heterocycles. The lowest BCUT2D eigenvalue weighted by atomic mass is 10.1. The Morgan fingerprint density at radius 2 is 1.74 bits per heavy atom. The summed E-state index contributed by atoms with van der Waals surface area (Å²) in [5.41, 5.74) is 8.14. The third-order valence-corrected chi connectivity index (χ3v) is 3.57. The normalized spacial score (nSPS) is 10.6. The van der Waals surface area contributed by atoms with Crippen LogP contribution in [0.15, 0.2) is 42.5 Å². The van der Waals surface area contributed by atoms with Gasteiger partial charge < -0.3 is 19.9 Å². The molecule has 1 aromatic heterocycles. The second-order valence-corrected chi connectivity index (χ2v) is 5.12. The van der Waals surface area contributed by atoms with Crippen molar-refractivity contribution >= 4 is 16.6 Å². The quantitative estimate of drug-likeness (QED) is 0.739. The molecule has 23 heavy (non-hydrogen) atoms. The maximum atomic E-state index is 6.11. The van der Waals surface area contributed by atoms with Crippen LogP contribution in [0, 0.1) is 6.92 Å². The number of aromatic nitrogens is 1. The van der Waals surface area contributed by atoms with Gasteiger partial charge in [-0.15, -0.1) is 0 Å². The second-order valence-electron chi connectivity index (χ2n) is 5.12. The first-order valence-corrected chi connectivity index (χ1v) is 7.18. The minimum Gasteiger partial charge on any atom is -0.493 e. The van der Waals surface area contributed by atoms with Crippen LogP contribution >= 0.6 is 0 Å². The predicted molar refractivity (Wildman–Crippen MR) is 90.5 cm³/mol. The summed E-state index contributed by atoms with van der Waals surface area (Å²) in [7, 11) is 3.17. The van der Waals surface area contributed by atoms with E-state index in [1.807, 2.05) is 43.3 Å². The summed E-state index contributed by atoms with van der Waals surface area (Å²) in [6.07, 6.45) is 0. The van der Waals surface area contributed by atoms with Gasteiger partial charge in [0.25, 0.3) is 0 Å². The van der Waals surface area contributed by atoms with E-state index in [0.29, 0.717) is 34.3 Å². The first-order chi connectivity index (χ1) is 11.1. The van der Waals surface area contributed by atoms with Crippen LogP contribution in [-0.4, -0.2) is 19.2 Å². The lowest BCUT2D eigenvalue weighted by Gasteiger charge is -2.16. The molecule has 0 bridgehead atoms. The number of rotatable bonds is 4. The van der Waals surface area contributed by atoms with Crippen LogP contribution in [0.3, 0.4) is 0 Å². The van der Waals surface area contributed by atoms with Crippen molar-refractivity contribution in [2.24, 2.45) is 0 Å². The maximum Gasteiger partial charge on any atom is 0.216 e. The Morgan fingerprint density at radius 3 is 2.39 bits per heavy atom. The minimum absolute atomic E-state index is 0.510.